The second-order valence-electron chi connectivity index (χ2n) is 4.63. The number of hydrogen-bond acceptors (Lipinski definition) is 4. The fourth-order valence-corrected chi connectivity index (χ4v) is 2.92. The van der Waals surface area contributed by atoms with Crippen molar-refractivity contribution < 1.29 is 13.5 Å². The summed E-state index contributed by atoms with van der Waals surface area (Å²) < 4.78 is 22.9. The van der Waals surface area contributed by atoms with Crippen LogP contribution in [0.5, 0.6) is 5.75 Å². The van der Waals surface area contributed by atoms with Crippen LogP contribution in [0.4, 0.5) is 5.69 Å². The van der Waals surface area contributed by atoms with Gasteiger partial charge in [-0.2, -0.15) is 0 Å². The minimum Gasteiger partial charge on any atom is -0.506 e. The molecule has 0 spiro atoms. The van der Waals surface area contributed by atoms with E-state index in [0.717, 1.165) is 0 Å². The molecule has 5 nitrogen and oxygen atoms in total. The quantitative estimate of drug-likeness (QED) is 0.805. The molecule has 0 aliphatic carbocycles. The summed E-state index contributed by atoms with van der Waals surface area (Å²) in [6.07, 6.45) is 0. The van der Waals surface area contributed by atoms with E-state index in [-0.39, 0.29) is 15.7 Å². The van der Waals surface area contributed by atoms with Crippen LogP contribution in [-0.2, 0) is 16.6 Å². The molecule has 0 aliphatic heterocycles. The van der Waals surface area contributed by atoms with Gasteiger partial charge in [-0.3, -0.25) is 0 Å². The molecule has 0 fully saturated rings. The largest absolute Gasteiger partial charge is 0.506 e. The van der Waals surface area contributed by atoms with E-state index in [9.17, 15) is 13.5 Å². The minimum atomic E-state index is -3.76. The van der Waals surface area contributed by atoms with Crippen molar-refractivity contribution in [2.24, 2.45) is 5.14 Å². The first-order chi connectivity index (χ1) is 9.79. The standard InChI is InChI=1S/C14H15ClN2O3S/c1-9-5-6-11(7-13(9)21(16,19)20)17-8-10-3-2-4-12(15)14(10)18/h2-7,17-18H,8H2,1H3,(H2,16,19,20). The number of hydrogen-bond donors (Lipinski definition) is 3. The second kappa shape index (κ2) is 5.93. The summed E-state index contributed by atoms with van der Waals surface area (Å²) in [7, 11) is -3.76. The first-order valence-corrected chi connectivity index (χ1v) is 8.05. The predicted octanol–water partition coefficient (Wildman–Crippen LogP) is 2.61. The SMILES string of the molecule is Cc1ccc(NCc2cccc(Cl)c2O)cc1S(N)(=O)=O. The number of anilines is 1. The Labute approximate surface area is 128 Å². The molecule has 2 rings (SSSR count). The van der Waals surface area contributed by atoms with E-state index >= 15 is 0 Å². The zero-order chi connectivity index (χ0) is 15.6. The summed E-state index contributed by atoms with van der Waals surface area (Å²) >= 11 is 5.83. The molecule has 2 aromatic rings. The number of sulfonamides is 1. The Balaban J connectivity index is 2.23. The third-order valence-electron chi connectivity index (χ3n) is 3.05. The van der Waals surface area contributed by atoms with Crippen LogP contribution in [0.15, 0.2) is 41.3 Å². The van der Waals surface area contributed by atoms with Crippen molar-refractivity contribution in [2.45, 2.75) is 18.4 Å². The van der Waals surface area contributed by atoms with Gasteiger partial charge >= 0.3 is 0 Å². The van der Waals surface area contributed by atoms with E-state index in [2.05, 4.69) is 5.32 Å². The molecule has 0 saturated heterocycles. The third kappa shape index (κ3) is 3.66. The van der Waals surface area contributed by atoms with Crippen LogP contribution in [0.2, 0.25) is 5.02 Å². The molecule has 0 heterocycles. The van der Waals surface area contributed by atoms with Crippen molar-refractivity contribution in [3.63, 3.8) is 0 Å². The van der Waals surface area contributed by atoms with Crippen LogP contribution >= 0.6 is 11.6 Å². The smallest absolute Gasteiger partial charge is 0.238 e. The summed E-state index contributed by atoms with van der Waals surface area (Å²) in [5, 5.41) is 18.3. The van der Waals surface area contributed by atoms with E-state index in [4.69, 9.17) is 16.7 Å². The molecular formula is C14H15ClN2O3S. The number of rotatable bonds is 4. The molecule has 4 N–H and O–H groups in total. The van der Waals surface area contributed by atoms with E-state index in [1.54, 1.807) is 37.3 Å². The number of phenolic OH excluding ortho intramolecular Hbond substituents is 1. The summed E-state index contributed by atoms with van der Waals surface area (Å²) in [4.78, 5) is 0.0721. The highest BCUT2D eigenvalue weighted by molar-refractivity contribution is 7.89. The van der Waals surface area contributed by atoms with Gasteiger partial charge in [-0.1, -0.05) is 29.8 Å². The third-order valence-corrected chi connectivity index (χ3v) is 4.41. The van der Waals surface area contributed by atoms with E-state index < -0.39 is 10.0 Å². The lowest BCUT2D eigenvalue weighted by molar-refractivity contribution is 0.469. The molecule has 7 heteroatoms. The lowest BCUT2D eigenvalue weighted by Gasteiger charge is -2.11. The monoisotopic (exact) mass is 326 g/mol. The Morgan fingerprint density at radius 1 is 1.29 bits per heavy atom. The van der Waals surface area contributed by atoms with Crippen LogP contribution in [0.25, 0.3) is 0 Å². The maximum absolute atomic E-state index is 11.5. The maximum Gasteiger partial charge on any atom is 0.238 e. The molecule has 0 bridgehead atoms. The van der Waals surface area contributed by atoms with Crippen LogP contribution < -0.4 is 10.5 Å². The lowest BCUT2D eigenvalue weighted by atomic mass is 10.2. The number of halogens is 1. The summed E-state index contributed by atoms with van der Waals surface area (Å²) in [6, 6.07) is 9.91. The number of nitrogens with one attached hydrogen (secondary N) is 1. The first-order valence-electron chi connectivity index (χ1n) is 6.12. The van der Waals surface area contributed by atoms with Gasteiger partial charge in [-0.05, 0) is 30.7 Å². The van der Waals surface area contributed by atoms with Gasteiger partial charge in [0.2, 0.25) is 10.0 Å². The average Bonchev–Trinajstić information content (AvgIpc) is 2.40. The predicted molar refractivity (Wildman–Crippen MR) is 83.0 cm³/mol. The fraction of sp³-hybridized carbons (Fsp3) is 0.143. The zero-order valence-electron chi connectivity index (χ0n) is 11.3. The van der Waals surface area contributed by atoms with Gasteiger partial charge in [-0.15, -0.1) is 0 Å². The average molecular weight is 327 g/mol. The Morgan fingerprint density at radius 2 is 2.00 bits per heavy atom. The molecule has 21 heavy (non-hydrogen) atoms. The van der Waals surface area contributed by atoms with Crippen LogP contribution in [-0.4, -0.2) is 13.5 Å². The van der Waals surface area contributed by atoms with Crippen molar-refractivity contribution in [3.05, 3.63) is 52.5 Å². The molecular weight excluding hydrogens is 312 g/mol. The highest BCUT2D eigenvalue weighted by Gasteiger charge is 2.12. The second-order valence-corrected chi connectivity index (χ2v) is 6.56. The number of aryl methyl sites for hydroxylation is 1. The maximum atomic E-state index is 11.5. The Bertz CT molecular complexity index is 776. The number of benzene rings is 2. The summed E-state index contributed by atoms with van der Waals surface area (Å²) in [5.41, 5.74) is 1.78. The van der Waals surface area contributed by atoms with Gasteiger partial charge in [0.15, 0.2) is 0 Å². The van der Waals surface area contributed by atoms with Crippen LogP contribution in [0.3, 0.4) is 0 Å². The number of phenols is 1. The van der Waals surface area contributed by atoms with Crippen molar-refractivity contribution in [3.8, 4) is 5.75 Å². The van der Waals surface area contributed by atoms with Crippen molar-refractivity contribution in [1.82, 2.24) is 0 Å². The van der Waals surface area contributed by atoms with Gasteiger partial charge in [0.05, 0.1) is 9.92 Å². The van der Waals surface area contributed by atoms with E-state index in [0.29, 0.717) is 23.4 Å². The number of aromatic hydroxyl groups is 1. The lowest BCUT2D eigenvalue weighted by Crippen LogP contribution is -2.14. The van der Waals surface area contributed by atoms with Gasteiger partial charge in [-0.25, -0.2) is 13.6 Å². The Hall–Kier alpha value is -1.76. The van der Waals surface area contributed by atoms with Crippen molar-refractivity contribution in [2.75, 3.05) is 5.32 Å². The molecule has 0 unspecified atom stereocenters. The van der Waals surface area contributed by atoms with Gasteiger partial charge in [0, 0.05) is 17.8 Å². The molecule has 0 radical (unpaired) electrons. The molecule has 0 aliphatic rings. The Kier molecular flexibility index (Phi) is 4.41. The van der Waals surface area contributed by atoms with Gasteiger partial charge in [0.1, 0.15) is 5.75 Å². The molecule has 0 saturated carbocycles. The highest BCUT2D eigenvalue weighted by Crippen LogP contribution is 2.28. The number of primary sulfonamides is 1. The minimum absolute atomic E-state index is 0.00504. The van der Waals surface area contributed by atoms with Crippen LogP contribution in [0, 0.1) is 6.92 Å². The summed E-state index contributed by atoms with van der Waals surface area (Å²) in [6.45, 7) is 1.98. The fourth-order valence-electron chi connectivity index (χ4n) is 1.92. The Morgan fingerprint density at radius 3 is 2.67 bits per heavy atom. The topological polar surface area (TPSA) is 92.4 Å². The molecule has 0 aromatic heterocycles. The summed E-state index contributed by atoms with van der Waals surface area (Å²) in [5.74, 6) is 0.00504. The number of nitrogens with two attached hydrogens (primary N) is 1. The van der Waals surface area contributed by atoms with Gasteiger partial charge < -0.3 is 10.4 Å². The van der Waals surface area contributed by atoms with Crippen LogP contribution in [0.1, 0.15) is 11.1 Å². The molecule has 112 valence electrons. The molecule has 0 amide bonds. The van der Waals surface area contributed by atoms with E-state index in [1.165, 1.54) is 6.07 Å². The van der Waals surface area contributed by atoms with Gasteiger partial charge in [0.25, 0.3) is 0 Å². The van der Waals surface area contributed by atoms with Crippen molar-refractivity contribution >= 4 is 27.3 Å². The van der Waals surface area contributed by atoms with Crippen molar-refractivity contribution in [1.29, 1.82) is 0 Å². The normalized spacial score (nSPS) is 11.4. The zero-order valence-corrected chi connectivity index (χ0v) is 12.9. The first kappa shape index (κ1) is 15.6. The molecule has 0 atom stereocenters. The highest BCUT2D eigenvalue weighted by atomic mass is 35.5. The number of para-hydroxylation sites is 1. The van der Waals surface area contributed by atoms with E-state index in [1.807, 2.05) is 0 Å². The molecule has 2 aromatic carbocycles.